The van der Waals surface area contributed by atoms with Crippen LogP contribution in [0.1, 0.15) is 20.3 Å². The van der Waals surface area contributed by atoms with Crippen molar-refractivity contribution in [2.24, 2.45) is 5.92 Å². The molecule has 2 rings (SSSR count). The van der Waals surface area contributed by atoms with Crippen molar-refractivity contribution in [2.45, 2.75) is 25.5 Å². The molecule has 0 aliphatic rings. The molecule has 2 aromatic rings. The van der Waals surface area contributed by atoms with E-state index in [9.17, 15) is 0 Å². The van der Waals surface area contributed by atoms with Gasteiger partial charge < -0.3 is 9.73 Å². The number of oxazole rings is 1. The molecule has 1 heterocycles. The molecule has 18 heavy (non-hydrogen) atoms. The van der Waals surface area contributed by atoms with Crippen LogP contribution in [0.2, 0.25) is 0 Å². The molecule has 0 aliphatic carbocycles. The molecule has 1 N–H and O–H groups in total. The van der Waals surface area contributed by atoms with Crippen molar-refractivity contribution < 1.29 is 4.42 Å². The van der Waals surface area contributed by atoms with E-state index >= 15 is 0 Å². The number of rotatable bonds is 7. The molecule has 0 radical (unpaired) electrons. The quantitative estimate of drug-likeness (QED) is 0.613. The molecule has 0 atom stereocenters. The Kier molecular flexibility index (Phi) is 5.08. The zero-order valence-corrected chi connectivity index (χ0v) is 11.8. The van der Waals surface area contributed by atoms with Gasteiger partial charge in [-0.15, -0.1) is 0 Å². The molecule has 98 valence electrons. The molecular formula is C14H20N2OS. The van der Waals surface area contributed by atoms with E-state index in [1.807, 2.05) is 24.3 Å². The number of thioether (sulfide) groups is 1. The Hall–Kier alpha value is -1.00. The third kappa shape index (κ3) is 4.03. The van der Waals surface area contributed by atoms with Crippen molar-refractivity contribution in [3.8, 4) is 0 Å². The highest BCUT2D eigenvalue weighted by molar-refractivity contribution is 7.99. The second kappa shape index (κ2) is 6.81. The van der Waals surface area contributed by atoms with Crippen LogP contribution in [0.25, 0.3) is 11.1 Å². The van der Waals surface area contributed by atoms with Gasteiger partial charge in [-0.3, -0.25) is 0 Å². The van der Waals surface area contributed by atoms with Crippen LogP contribution in [0, 0.1) is 5.92 Å². The summed E-state index contributed by atoms with van der Waals surface area (Å²) in [6.07, 6.45) is 1.23. The third-order valence-corrected chi connectivity index (χ3v) is 3.51. The van der Waals surface area contributed by atoms with Gasteiger partial charge in [-0.05, 0) is 31.0 Å². The van der Waals surface area contributed by atoms with Gasteiger partial charge in [-0.25, -0.2) is 4.98 Å². The van der Waals surface area contributed by atoms with Crippen LogP contribution in [0.4, 0.5) is 0 Å². The van der Waals surface area contributed by atoms with Gasteiger partial charge in [-0.2, -0.15) is 0 Å². The fraction of sp³-hybridized carbons (Fsp3) is 0.500. The molecule has 0 bridgehead atoms. The molecule has 1 aromatic heterocycles. The van der Waals surface area contributed by atoms with Crippen LogP contribution >= 0.6 is 11.8 Å². The van der Waals surface area contributed by atoms with Gasteiger partial charge in [0.2, 0.25) is 0 Å². The number of nitrogens with one attached hydrogen (secondary N) is 1. The van der Waals surface area contributed by atoms with E-state index in [-0.39, 0.29) is 0 Å². The molecule has 0 unspecified atom stereocenters. The Balaban J connectivity index is 1.70. The van der Waals surface area contributed by atoms with E-state index in [1.165, 1.54) is 6.42 Å². The zero-order chi connectivity index (χ0) is 12.8. The van der Waals surface area contributed by atoms with Crippen LogP contribution < -0.4 is 5.32 Å². The number of aromatic nitrogens is 1. The first-order valence-corrected chi connectivity index (χ1v) is 7.43. The Labute approximate surface area is 112 Å². The lowest BCUT2D eigenvalue weighted by Gasteiger charge is -2.05. The van der Waals surface area contributed by atoms with E-state index in [2.05, 4.69) is 24.1 Å². The Morgan fingerprint density at radius 1 is 1.28 bits per heavy atom. The third-order valence-electron chi connectivity index (χ3n) is 2.68. The fourth-order valence-corrected chi connectivity index (χ4v) is 2.37. The Bertz CT molecular complexity index is 448. The Morgan fingerprint density at radius 2 is 2.11 bits per heavy atom. The second-order valence-electron chi connectivity index (χ2n) is 4.73. The molecule has 1 aromatic carbocycles. The minimum atomic E-state index is 0.766. The maximum absolute atomic E-state index is 5.64. The first-order chi connectivity index (χ1) is 8.75. The van der Waals surface area contributed by atoms with Gasteiger partial charge in [0.05, 0.1) is 0 Å². The maximum Gasteiger partial charge on any atom is 0.256 e. The lowest BCUT2D eigenvalue weighted by Crippen LogP contribution is -2.19. The Morgan fingerprint density at radius 3 is 2.89 bits per heavy atom. The van der Waals surface area contributed by atoms with Crippen molar-refractivity contribution in [3.63, 3.8) is 0 Å². The average Bonchev–Trinajstić information content (AvgIpc) is 2.75. The average molecular weight is 264 g/mol. The summed E-state index contributed by atoms with van der Waals surface area (Å²) in [5, 5.41) is 4.20. The highest BCUT2D eigenvalue weighted by Gasteiger charge is 2.04. The molecule has 0 saturated heterocycles. The smallest absolute Gasteiger partial charge is 0.256 e. The number of para-hydroxylation sites is 2. The minimum Gasteiger partial charge on any atom is -0.431 e. The molecule has 0 aliphatic heterocycles. The molecular weight excluding hydrogens is 244 g/mol. The predicted molar refractivity (Wildman–Crippen MR) is 77.1 cm³/mol. The second-order valence-corrected chi connectivity index (χ2v) is 5.77. The zero-order valence-electron chi connectivity index (χ0n) is 11.0. The number of hydrogen-bond acceptors (Lipinski definition) is 4. The fourth-order valence-electron chi connectivity index (χ4n) is 1.64. The SMILES string of the molecule is CC(C)CCNCCSc1nc2ccccc2o1. The topological polar surface area (TPSA) is 38.1 Å². The van der Waals surface area contributed by atoms with Crippen molar-refractivity contribution in [2.75, 3.05) is 18.8 Å². The standard InChI is InChI=1S/C14H20N2OS/c1-11(2)7-8-15-9-10-18-14-16-12-5-3-4-6-13(12)17-14/h3-6,11,15H,7-10H2,1-2H3. The van der Waals surface area contributed by atoms with Gasteiger partial charge >= 0.3 is 0 Å². The normalized spacial score (nSPS) is 11.5. The summed E-state index contributed by atoms with van der Waals surface area (Å²) in [6.45, 7) is 6.57. The van der Waals surface area contributed by atoms with Gasteiger partial charge in [0.1, 0.15) is 5.52 Å². The number of fused-ring (bicyclic) bond motifs is 1. The first kappa shape index (κ1) is 13.4. The number of nitrogens with zero attached hydrogens (tertiary/aromatic N) is 1. The van der Waals surface area contributed by atoms with E-state index in [1.54, 1.807) is 11.8 Å². The van der Waals surface area contributed by atoms with E-state index < -0.39 is 0 Å². The van der Waals surface area contributed by atoms with Crippen LogP contribution in [-0.4, -0.2) is 23.8 Å². The van der Waals surface area contributed by atoms with Crippen LogP contribution in [0.3, 0.4) is 0 Å². The maximum atomic E-state index is 5.64. The predicted octanol–water partition coefficient (Wildman–Crippen LogP) is 3.56. The van der Waals surface area contributed by atoms with Gasteiger partial charge in [-0.1, -0.05) is 37.7 Å². The summed E-state index contributed by atoms with van der Waals surface area (Å²) in [7, 11) is 0. The summed E-state index contributed by atoms with van der Waals surface area (Å²) in [6, 6.07) is 7.87. The molecule has 3 nitrogen and oxygen atoms in total. The van der Waals surface area contributed by atoms with Crippen LogP contribution in [0.5, 0.6) is 0 Å². The van der Waals surface area contributed by atoms with Crippen molar-refractivity contribution >= 4 is 22.9 Å². The van der Waals surface area contributed by atoms with Crippen molar-refractivity contribution in [1.82, 2.24) is 10.3 Å². The molecule has 0 spiro atoms. The summed E-state index contributed by atoms with van der Waals surface area (Å²) in [5.74, 6) is 1.76. The lowest BCUT2D eigenvalue weighted by molar-refractivity contribution is 0.489. The van der Waals surface area contributed by atoms with Crippen LogP contribution in [0.15, 0.2) is 33.9 Å². The summed E-state index contributed by atoms with van der Waals surface area (Å²) < 4.78 is 5.64. The molecule has 0 fully saturated rings. The van der Waals surface area contributed by atoms with E-state index in [0.717, 1.165) is 41.1 Å². The highest BCUT2D eigenvalue weighted by Crippen LogP contribution is 2.22. The van der Waals surface area contributed by atoms with Crippen LogP contribution in [-0.2, 0) is 0 Å². The molecule has 0 saturated carbocycles. The van der Waals surface area contributed by atoms with Gasteiger partial charge in [0.25, 0.3) is 5.22 Å². The van der Waals surface area contributed by atoms with Gasteiger partial charge in [0.15, 0.2) is 5.58 Å². The lowest BCUT2D eigenvalue weighted by atomic mass is 10.1. The van der Waals surface area contributed by atoms with Crippen molar-refractivity contribution in [1.29, 1.82) is 0 Å². The first-order valence-electron chi connectivity index (χ1n) is 6.45. The van der Waals surface area contributed by atoms with Gasteiger partial charge in [0, 0.05) is 12.3 Å². The number of hydrogen-bond donors (Lipinski definition) is 1. The summed E-state index contributed by atoms with van der Waals surface area (Å²) >= 11 is 1.66. The summed E-state index contributed by atoms with van der Waals surface area (Å²) in [4.78, 5) is 4.43. The van der Waals surface area contributed by atoms with E-state index in [0.29, 0.717) is 0 Å². The minimum absolute atomic E-state index is 0.766. The largest absolute Gasteiger partial charge is 0.431 e. The van der Waals surface area contributed by atoms with Crippen molar-refractivity contribution in [3.05, 3.63) is 24.3 Å². The molecule has 0 amide bonds. The number of benzene rings is 1. The highest BCUT2D eigenvalue weighted by atomic mass is 32.2. The summed E-state index contributed by atoms with van der Waals surface area (Å²) in [5.41, 5.74) is 1.81. The monoisotopic (exact) mass is 264 g/mol. The van der Waals surface area contributed by atoms with E-state index in [4.69, 9.17) is 4.42 Å². The molecule has 4 heteroatoms.